The van der Waals surface area contributed by atoms with Crippen LogP contribution in [0.25, 0.3) is 0 Å². The molecule has 1 aromatic rings. The number of terminal acetylenes is 1. The number of methoxy groups -OCH3 is 1. The summed E-state index contributed by atoms with van der Waals surface area (Å²) in [5, 5.41) is 13.4. The largest absolute Gasteiger partial charge is 0.497 e. The van der Waals surface area contributed by atoms with Gasteiger partial charge in [0.25, 0.3) is 5.69 Å². The number of nitrogens with one attached hydrogen (secondary N) is 1. The minimum Gasteiger partial charge on any atom is -0.497 e. The lowest BCUT2D eigenvalue weighted by molar-refractivity contribution is -0.384. The maximum atomic E-state index is 10.7. The van der Waals surface area contributed by atoms with E-state index in [9.17, 15) is 10.1 Å². The van der Waals surface area contributed by atoms with Crippen molar-refractivity contribution in [1.29, 1.82) is 0 Å². The molecular formula is C10H10N2O3. The fourth-order valence-corrected chi connectivity index (χ4v) is 1.09. The number of benzene rings is 1. The SMILES string of the molecule is C#CCNc1cc(OC)ccc1[N+](=O)[O-]. The Morgan fingerprint density at radius 1 is 1.67 bits per heavy atom. The monoisotopic (exact) mass is 206 g/mol. The Labute approximate surface area is 87.2 Å². The van der Waals surface area contributed by atoms with Gasteiger partial charge in [-0.2, -0.15) is 0 Å². The number of anilines is 1. The zero-order valence-corrected chi connectivity index (χ0v) is 8.19. The van der Waals surface area contributed by atoms with Crippen LogP contribution in [0.5, 0.6) is 5.75 Å². The maximum absolute atomic E-state index is 10.7. The highest BCUT2D eigenvalue weighted by molar-refractivity contribution is 5.64. The van der Waals surface area contributed by atoms with Gasteiger partial charge in [0, 0.05) is 12.1 Å². The Bertz CT molecular complexity index is 410. The molecule has 0 unspecified atom stereocenters. The van der Waals surface area contributed by atoms with Gasteiger partial charge < -0.3 is 10.1 Å². The van der Waals surface area contributed by atoms with Crippen molar-refractivity contribution in [2.45, 2.75) is 0 Å². The third kappa shape index (κ3) is 2.61. The van der Waals surface area contributed by atoms with Crippen LogP contribution in [-0.4, -0.2) is 18.6 Å². The van der Waals surface area contributed by atoms with Crippen LogP contribution >= 0.6 is 0 Å². The van der Waals surface area contributed by atoms with Crippen molar-refractivity contribution in [3.63, 3.8) is 0 Å². The third-order valence-electron chi connectivity index (χ3n) is 1.78. The topological polar surface area (TPSA) is 64.4 Å². The Morgan fingerprint density at radius 2 is 2.40 bits per heavy atom. The molecule has 0 spiro atoms. The molecule has 0 aromatic heterocycles. The van der Waals surface area contributed by atoms with Crippen molar-refractivity contribution in [1.82, 2.24) is 0 Å². The van der Waals surface area contributed by atoms with Gasteiger partial charge in [0.05, 0.1) is 18.6 Å². The van der Waals surface area contributed by atoms with E-state index in [1.807, 2.05) is 0 Å². The molecule has 0 saturated carbocycles. The van der Waals surface area contributed by atoms with E-state index in [0.29, 0.717) is 11.4 Å². The smallest absolute Gasteiger partial charge is 0.292 e. The van der Waals surface area contributed by atoms with Crippen LogP contribution in [0.2, 0.25) is 0 Å². The molecule has 0 aliphatic rings. The number of ether oxygens (including phenoxy) is 1. The van der Waals surface area contributed by atoms with Gasteiger partial charge in [-0.15, -0.1) is 6.42 Å². The quantitative estimate of drug-likeness (QED) is 0.462. The molecule has 0 heterocycles. The molecule has 1 aromatic carbocycles. The van der Waals surface area contributed by atoms with Crippen LogP contribution in [0, 0.1) is 22.5 Å². The lowest BCUT2D eigenvalue weighted by Gasteiger charge is -2.06. The van der Waals surface area contributed by atoms with Crippen molar-refractivity contribution in [2.24, 2.45) is 0 Å². The van der Waals surface area contributed by atoms with E-state index < -0.39 is 4.92 Å². The van der Waals surface area contributed by atoms with E-state index in [4.69, 9.17) is 11.2 Å². The summed E-state index contributed by atoms with van der Waals surface area (Å²) in [6.07, 6.45) is 5.06. The molecule has 0 atom stereocenters. The van der Waals surface area contributed by atoms with E-state index >= 15 is 0 Å². The average Bonchev–Trinajstić information content (AvgIpc) is 2.25. The van der Waals surface area contributed by atoms with Gasteiger partial charge in [0.15, 0.2) is 0 Å². The number of rotatable bonds is 4. The number of nitro groups is 1. The maximum Gasteiger partial charge on any atom is 0.292 e. The van der Waals surface area contributed by atoms with Gasteiger partial charge in [-0.3, -0.25) is 10.1 Å². The first-order valence-corrected chi connectivity index (χ1v) is 4.18. The highest BCUT2D eigenvalue weighted by Gasteiger charge is 2.13. The molecule has 0 aliphatic carbocycles. The summed E-state index contributed by atoms with van der Waals surface area (Å²) in [7, 11) is 1.49. The van der Waals surface area contributed by atoms with Gasteiger partial charge >= 0.3 is 0 Å². The van der Waals surface area contributed by atoms with Crippen LogP contribution in [0.15, 0.2) is 18.2 Å². The summed E-state index contributed by atoms with van der Waals surface area (Å²) >= 11 is 0. The number of hydrogen-bond donors (Lipinski definition) is 1. The first-order valence-electron chi connectivity index (χ1n) is 4.18. The molecule has 15 heavy (non-hydrogen) atoms. The Morgan fingerprint density at radius 3 is 2.93 bits per heavy atom. The normalized spacial score (nSPS) is 9.07. The predicted molar refractivity (Wildman–Crippen MR) is 57.0 cm³/mol. The molecule has 0 saturated heterocycles. The molecule has 78 valence electrons. The van der Waals surface area contributed by atoms with Crippen molar-refractivity contribution < 1.29 is 9.66 Å². The molecule has 5 heteroatoms. The Hall–Kier alpha value is -2.22. The van der Waals surface area contributed by atoms with Crippen molar-refractivity contribution >= 4 is 11.4 Å². The van der Waals surface area contributed by atoms with E-state index in [1.54, 1.807) is 0 Å². The summed E-state index contributed by atoms with van der Waals surface area (Å²) < 4.78 is 4.96. The van der Waals surface area contributed by atoms with Gasteiger partial charge in [-0.1, -0.05) is 5.92 Å². The minimum absolute atomic E-state index is 0.0222. The van der Waals surface area contributed by atoms with Crippen molar-refractivity contribution in [2.75, 3.05) is 19.0 Å². The summed E-state index contributed by atoms with van der Waals surface area (Å²) in [6, 6.07) is 4.44. The van der Waals surface area contributed by atoms with Gasteiger partial charge in [-0.25, -0.2) is 0 Å². The van der Waals surface area contributed by atoms with Crippen LogP contribution in [0.4, 0.5) is 11.4 Å². The van der Waals surface area contributed by atoms with E-state index in [2.05, 4.69) is 11.2 Å². The lowest BCUT2D eigenvalue weighted by atomic mass is 10.2. The third-order valence-corrected chi connectivity index (χ3v) is 1.78. The summed E-state index contributed by atoms with van der Waals surface area (Å²) in [5.41, 5.74) is 0.336. The summed E-state index contributed by atoms with van der Waals surface area (Å²) in [6.45, 7) is 0.230. The second-order valence-electron chi connectivity index (χ2n) is 2.70. The highest BCUT2D eigenvalue weighted by atomic mass is 16.6. The first kappa shape index (κ1) is 10.9. The molecule has 0 amide bonds. The molecule has 1 rings (SSSR count). The van der Waals surface area contributed by atoms with E-state index in [0.717, 1.165) is 0 Å². The molecule has 1 N–H and O–H groups in total. The van der Waals surface area contributed by atoms with Gasteiger partial charge in [0.1, 0.15) is 11.4 Å². The summed E-state index contributed by atoms with van der Waals surface area (Å²) in [5.74, 6) is 2.89. The van der Waals surface area contributed by atoms with Crippen LogP contribution < -0.4 is 10.1 Å². The zero-order valence-electron chi connectivity index (χ0n) is 8.19. The molecule has 5 nitrogen and oxygen atoms in total. The van der Waals surface area contributed by atoms with Gasteiger partial charge in [-0.05, 0) is 6.07 Å². The fourth-order valence-electron chi connectivity index (χ4n) is 1.09. The summed E-state index contributed by atoms with van der Waals surface area (Å²) in [4.78, 5) is 10.2. The molecular weight excluding hydrogens is 196 g/mol. The van der Waals surface area contributed by atoms with Crippen LogP contribution in [-0.2, 0) is 0 Å². The predicted octanol–water partition coefficient (Wildman–Crippen LogP) is 1.65. The average molecular weight is 206 g/mol. The first-order chi connectivity index (χ1) is 7.19. The van der Waals surface area contributed by atoms with Crippen molar-refractivity contribution in [3.8, 4) is 18.1 Å². The van der Waals surface area contributed by atoms with Gasteiger partial charge in [0.2, 0.25) is 0 Å². The van der Waals surface area contributed by atoms with Crippen LogP contribution in [0.3, 0.4) is 0 Å². The number of nitrogens with zero attached hydrogens (tertiary/aromatic N) is 1. The fraction of sp³-hybridized carbons (Fsp3) is 0.200. The van der Waals surface area contributed by atoms with E-state index in [-0.39, 0.29) is 12.2 Å². The molecule has 0 aliphatic heterocycles. The number of nitro benzene ring substituents is 1. The zero-order chi connectivity index (χ0) is 11.3. The second kappa shape index (κ2) is 4.86. The molecule has 0 radical (unpaired) electrons. The standard InChI is InChI=1S/C10H10N2O3/c1-3-6-11-9-7-8(15-2)4-5-10(9)12(13)14/h1,4-5,7,11H,6H2,2H3. The Kier molecular flexibility index (Phi) is 3.52. The van der Waals surface area contributed by atoms with Crippen molar-refractivity contribution in [3.05, 3.63) is 28.3 Å². The highest BCUT2D eigenvalue weighted by Crippen LogP contribution is 2.28. The Balaban J connectivity index is 3.06. The number of hydrogen-bond acceptors (Lipinski definition) is 4. The van der Waals surface area contributed by atoms with Crippen LogP contribution in [0.1, 0.15) is 0 Å². The lowest BCUT2D eigenvalue weighted by Crippen LogP contribution is -2.02. The van der Waals surface area contributed by atoms with E-state index in [1.165, 1.54) is 25.3 Å². The minimum atomic E-state index is -0.474. The molecule has 0 bridgehead atoms. The second-order valence-corrected chi connectivity index (χ2v) is 2.70. The molecule has 0 fully saturated rings.